The van der Waals surface area contributed by atoms with Crippen LogP contribution in [0.1, 0.15) is 5.56 Å². The lowest BCUT2D eigenvalue weighted by molar-refractivity contribution is -0.136. The molecule has 3 N–H and O–H groups in total. The maximum Gasteiger partial charge on any atom is 0.329 e. The van der Waals surface area contributed by atoms with Crippen molar-refractivity contribution in [2.75, 3.05) is 19.5 Å². The van der Waals surface area contributed by atoms with E-state index >= 15 is 0 Å². The van der Waals surface area contributed by atoms with E-state index in [9.17, 15) is 14.7 Å². The van der Waals surface area contributed by atoms with Crippen LogP contribution in [0.4, 0.5) is 5.69 Å². The fraction of sp³-hybridized carbons (Fsp3) is 0.118. The molecule has 25 heavy (non-hydrogen) atoms. The molecule has 0 aliphatic rings. The van der Waals surface area contributed by atoms with Gasteiger partial charge in [-0.25, -0.2) is 5.43 Å². The smallest absolute Gasteiger partial charge is 0.329 e. The third-order valence-electron chi connectivity index (χ3n) is 3.14. The third kappa shape index (κ3) is 4.71. The molecule has 0 spiro atoms. The zero-order valence-corrected chi connectivity index (χ0v) is 13.6. The van der Waals surface area contributed by atoms with E-state index in [1.54, 1.807) is 30.3 Å². The molecule has 0 aromatic heterocycles. The predicted octanol–water partition coefficient (Wildman–Crippen LogP) is 1.50. The number of ether oxygens (including phenoxy) is 2. The number of hydrogen-bond acceptors (Lipinski definition) is 6. The number of rotatable bonds is 5. The molecule has 0 aliphatic heterocycles. The average Bonchev–Trinajstić information content (AvgIpc) is 2.63. The number of phenols is 1. The summed E-state index contributed by atoms with van der Waals surface area (Å²) in [6, 6.07) is 11.2. The molecule has 0 radical (unpaired) electrons. The van der Waals surface area contributed by atoms with Crippen LogP contribution in [0, 0.1) is 0 Å². The van der Waals surface area contributed by atoms with Gasteiger partial charge in [-0.3, -0.25) is 9.59 Å². The SMILES string of the molecule is COc1cc(C=NNC(=O)C(=O)Nc2ccccc2OC)ccc1O. The Morgan fingerprint density at radius 2 is 1.76 bits per heavy atom. The largest absolute Gasteiger partial charge is 0.504 e. The lowest BCUT2D eigenvalue weighted by Gasteiger charge is -2.08. The second-order valence-electron chi connectivity index (χ2n) is 4.78. The fourth-order valence-electron chi connectivity index (χ4n) is 1.92. The van der Waals surface area contributed by atoms with Gasteiger partial charge in [0.05, 0.1) is 26.1 Å². The number of anilines is 1. The number of benzene rings is 2. The molecule has 8 nitrogen and oxygen atoms in total. The first-order valence-corrected chi connectivity index (χ1v) is 7.19. The second kappa shape index (κ2) is 8.34. The highest BCUT2D eigenvalue weighted by molar-refractivity contribution is 6.39. The van der Waals surface area contributed by atoms with Crippen LogP contribution in [0.2, 0.25) is 0 Å². The maximum atomic E-state index is 11.9. The lowest BCUT2D eigenvalue weighted by Crippen LogP contribution is -2.32. The minimum atomic E-state index is -0.937. The highest BCUT2D eigenvalue weighted by Gasteiger charge is 2.14. The van der Waals surface area contributed by atoms with Crippen LogP contribution in [0.5, 0.6) is 17.2 Å². The Bertz CT molecular complexity index is 805. The number of methoxy groups -OCH3 is 2. The molecule has 0 fully saturated rings. The molecular weight excluding hydrogens is 326 g/mol. The van der Waals surface area contributed by atoms with E-state index in [4.69, 9.17) is 9.47 Å². The fourth-order valence-corrected chi connectivity index (χ4v) is 1.92. The van der Waals surface area contributed by atoms with Gasteiger partial charge >= 0.3 is 11.8 Å². The number of carbonyl (C=O) groups is 2. The summed E-state index contributed by atoms with van der Waals surface area (Å²) < 4.78 is 10.1. The van der Waals surface area contributed by atoms with E-state index in [-0.39, 0.29) is 11.5 Å². The first-order chi connectivity index (χ1) is 12.0. The summed E-state index contributed by atoms with van der Waals surface area (Å²) >= 11 is 0. The zero-order chi connectivity index (χ0) is 18.2. The van der Waals surface area contributed by atoms with Crippen molar-refractivity contribution in [2.24, 2.45) is 5.10 Å². The Balaban J connectivity index is 1.96. The van der Waals surface area contributed by atoms with E-state index < -0.39 is 11.8 Å². The molecule has 2 aromatic rings. The van der Waals surface area contributed by atoms with Gasteiger partial charge in [0, 0.05) is 0 Å². The van der Waals surface area contributed by atoms with E-state index in [2.05, 4.69) is 15.8 Å². The summed E-state index contributed by atoms with van der Waals surface area (Å²) in [6.07, 6.45) is 1.32. The summed E-state index contributed by atoms with van der Waals surface area (Å²) in [4.78, 5) is 23.6. The summed E-state index contributed by atoms with van der Waals surface area (Å²) in [5, 5.41) is 15.6. The molecule has 8 heteroatoms. The molecule has 0 heterocycles. The van der Waals surface area contributed by atoms with Gasteiger partial charge in [-0.1, -0.05) is 12.1 Å². The number of phenolic OH excluding ortho intramolecular Hbond substituents is 1. The Hall–Kier alpha value is -3.55. The minimum absolute atomic E-state index is 0.0140. The van der Waals surface area contributed by atoms with Gasteiger partial charge in [0.1, 0.15) is 5.75 Å². The Morgan fingerprint density at radius 3 is 2.48 bits per heavy atom. The average molecular weight is 343 g/mol. The van der Waals surface area contributed by atoms with Crippen molar-refractivity contribution in [3.63, 3.8) is 0 Å². The molecule has 0 unspecified atom stereocenters. The highest BCUT2D eigenvalue weighted by Crippen LogP contribution is 2.25. The van der Waals surface area contributed by atoms with Gasteiger partial charge in [-0.2, -0.15) is 5.10 Å². The second-order valence-corrected chi connectivity index (χ2v) is 4.78. The van der Waals surface area contributed by atoms with Crippen molar-refractivity contribution in [1.29, 1.82) is 0 Å². The van der Waals surface area contributed by atoms with Crippen molar-refractivity contribution < 1.29 is 24.2 Å². The van der Waals surface area contributed by atoms with Crippen LogP contribution in [0.15, 0.2) is 47.6 Å². The minimum Gasteiger partial charge on any atom is -0.504 e. The summed E-state index contributed by atoms with van der Waals surface area (Å²) in [5.74, 6) is -1.13. The van der Waals surface area contributed by atoms with E-state index in [1.165, 1.54) is 32.6 Å². The first-order valence-electron chi connectivity index (χ1n) is 7.19. The Kier molecular flexibility index (Phi) is 5.94. The Morgan fingerprint density at radius 1 is 1.04 bits per heavy atom. The molecule has 2 aromatic carbocycles. The molecule has 0 bridgehead atoms. The Labute approximate surface area is 144 Å². The third-order valence-corrected chi connectivity index (χ3v) is 3.14. The quantitative estimate of drug-likeness (QED) is 0.433. The van der Waals surface area contributed by atoms with E-state index in [1.807, 2.05) is 0 Å². The molecule has 2 amide bonds. The van der Waals surface area contributed by atoms with Gasteiger partial charge in [0.2, 0.25) is 0 Å². The first kappa shape index (κ1) is 17.8. The van der Waals surface area contributed by atoms with Crippen LogP contribution in [-0.4, -0.2) is 37.4 Å². The normalized spacial score (nSPS) is 10.3. The van der Waals surface area contributed by atoms with E-state index in [0.717, 1.165) is 0 Å². The number of hydrazone groups is 1. The maximum absolute atomic E-state index is 11.9. The van der Waals surface area contributed by atoms with Crippen LogP contribution in [0.25, 0.3) is 0 Å². The van der Waals surface area contributed by atoms with Gasteiger partial charge in [0.15, 0.2) is 11.5 Å². The molecule has 0 aliphatic carbocycles. The van der Waals surface area contributed by atoms with Crippen LogP contribution in [-0.2, 0) is 9.59 Å². The molecule has 130 valence electrons. The summed E-state index contributed by atoms with van der Waals surface area (Å²) in [7, 11) is 2.88. The number of para-hydroxylation sites is 2. The number of nitrogens with one attached hydrogen (secondary N) is 2. The number of nitrogens with zero attached hydrogens (tertiary/aromatic N) is 1. The van der Waals surface area contributed by atoms with Crippen LogP contribution >= 0.6 is 0 Å². The topological polar surface area (TPSA) is 109 Å². The lowest BCUT2D eigenvalue weighted by atomic mass is 10.2. The molecule has 2 rings (SSSR count). The molecule has 0 saturated heterocycles. The van der Waals surface area contributed by atoms with Gasteiger partial charge in [-0.15, -0.1) is 0 Å². The number of aromatic hydroxyl groups is 1. The van der Waals surface area contributed by atoms with Gasteiger partial charge in [-0.05, 0) is 35.9 Å². The molecular formula is C17H17N3O5. The number of hydrogen-bond donors (Lipinski definition) is 3. The van der Waals surface area contributed by atoms with Crippen molar-refractivity contribution >= 4 is 23.7 Å². The van der Waals surface area contributed by atoms with Crippen molar-refractivity contribution in [2.45, 2.75) is 0 Å². The van der Waals surface area contributed by atoms with Crippen LogP contribution < -0.4 is 20.2 Å². The van der Waals surface area contributed by atoms with Gasteiger partial charge < -0.3 is 19.9 Å². The standard InChI is InChI=1S/C17H17N3O5/c1-24-14-6-4-3-5-12(14)19-16(22)17(23)20-18-10-11-7-8-13(21)15(9-11)25-2/h3-10,21H,1-2H3,(H,19,22)(H,20,23). The van der Waals surface area contributed by atoms with Crippen molar-refractivity contribution in [3.8, 4) is 17.2 Å². The highest BCUT2D eigenvalue weighted by atomic mass is 16.5. The summed E-state index contributed by atoms with van der Waals surface area (Å²) in [5.41, 5.74) is 3.06. The van der Waals surface area contributed by atoms with Crippen LogP contribution in [0.3, 0.4) is 0 Å². The van der Waals surface area contributed by atoms with Crippen molar-refractivity contribution in [3.05, 3.63) is 48.0 Å². The number of amides is 2. The predicted molar refractivity (Wildman–Crippen MR) is 92.0 cm³/mol. The zero-order valence-electron chi connectivity index (χ0n) is 13.6. The molecule has 0 atom stereocenters. The van der Waals surface area contributed by atoms with E-state index in [0.29, 0.717) is 17.0 Å². The number of carbonyl (C=O) groups excluding carboxylic acids is 2. The monoisotopic (exact) mass is 343 g/mol. The molecule has 0 saturated carbocycles. The summed E-state index contributed by atoms with van der Waals surface area (Å²) in [6.45, 7) is 0. The van der Waals surface area contributed by atoms with Gasteiger partial charge in [0.25, 0.3) is 0 Å². The van der Waals surface area contributed by atoms with Crippen molar-refractivity contribution in [1.82, 2.24) is 5.43 Å².